The summed E-state index contributed by atoms with van der Waals surface area (Å²) < 4.78 is 10.8. The van der Waals surface area contributed by atoms with Gasteiger partial charge in [-0.15, -0.1) is 0 Å². The predicted octanol–water partition coefficient (Wildman–Crippen LogP) is 7.42. The monoisotopic (exact) mass is 346 g/mol. The van der Waals surface area contributed by atoms with Gasteiger partial charge < -0.3 is 9.47 Å². The number of allylic oxidation sites excluding steroid dienone is 1. The van der Waals surface area contributed by atoms with Crippen LogP contribution in [0.25, 0.3) is 6.08 Å². The average molecular weight is 347 g/mol. The fourth-order valence-corrected chi connectivity index (χ4v) is 3.18. The van der Waals surface area contributed by atoms with E-state index in [1.807, 2.05) is 12.1 Å². The van der Waals surface area contributed by atoms with Crippen LogP contribution >= 0.6 is 0 Å². The molecule has 0 aliphatic rings. The van der Waals surface area contributed by atoms with Crippen LogP contribution in [0, 0.1) is 0 Å². The van der Waals surface area contributed by atoms with Crippen molar-refractivity contribution < 1.29 is 9.47 Å². The molecule has 2 nitrogen and oxygen atoms in total. The first kappa shape index (κ1) is 21.6. The van der Waals surface area contributed by atoms with Crippen LogP contribution in [0.5, 0.6) is 11.5 Å². The maximum atomic E-state index is 5.46. The van der Waals surface area contributed by atoms with Crippen molar-refractivity contribution in [1.29, 1.82) is 0 Å². The molecule has 0 N–H and O–H groups in total. The lowest BCUT2D eigenvalue weighted by Gasteiger charge is -2.09. The number of unbranched alkanes of at least 4 members (excludes halogenated alkanes) is 11. The van der Waals surface area contributed by atoms with Gasteiger partial charge in [0.15, 0.2) is 11.5 Å². The molecule has 0 aliphatic carbocycles. The van der Waals surface area contributed by atoms with Crippen molar-refractivity contribution in [3.8, 4) is 11.5 Å². The van der Waals surface area contributed by atoms with Gasteiger partial charge >= 0.3 is 0 Å². The number of methoxy groups -OCH3 is 2. The zero-order valence-corrected chi connectivity index (χ0v) is 16.7. The van der Waals surface area contributed by atoms with E-state index in [-0.39, 0.29) is 0 Å². The van der Waals surface area contributed by atoms with E-state index in [4.69, 9.17) is 9.47 Å². The van der Waals surface area contributed by atoms with Crippen molar-refractivity contribution >= 4 is 6.08 Å². The van der Waals surface area contributed by atoms with Crippen LogP contribution in [0.2, 0.25) is 0 Å². The van der Waals surface area contributed by atoms with E-state index in [0.29, 0.717) is 0 Å². The van der Waals surface area contributed by atoms with Crippen molar-refractivity contribution in [2.24, 2.45) is 0 Å². The SMILES string of the molecule is CCCCCCCCCCCCC/C=C/c1cccc(OC)c1OC. The number of para-hydroxylation sites is 1. The zero-order chi connectivity index (χ0) is 18.2. The largest absolute Gasteiger partial charge is 0.493 e. The molecule has 0 saturated carbocycles. The number of hydrogen-bond acceptors (Lipinski definition) is 2. The third-order valence-electron chi connectivity index (χ3n) is 4.71. The number of benzene rings is 1. The second kappa shape index (κ2) is 14.9. The Morgan fingerprint density at radius 2 is 1.36 bits per heavy atom. The summed E-state index contributed by atoms with van der Waals surface area (Å²) in [6.45, 7) is 2.28. The normalized spacial score (nSPS) is 11.2. The Morgan fingerprint density at radius 3 is 1.92 bits per heavy atom. The van der Waals surface area contributed by atoms with E-state index in [0.717, 1.165) is 23.5 Å². The molecule has 25 heavy (non-hydrogen) atoms. The fourth-order valence-electron chi connectivity index (χ4n) is 3.18. The van der Waals surface area contributed by atoms with Crippen LogP contribution < -0.4 is 9.47 Å². The summed E-state index contributed by atoms with van der Waals surface area (Å²) in [5.74, 6) is 1.61. The summed E-state index contributed by atoms with van der Waals surface area (Å²) in [4.78, 5) is 0. The van der Waals surface area contributed by atoms with Crippen LogP contribution in [0.1, 0.15) is 89.5 Å². The molecule has 2 heteroatoms. The van der Waals surface area contributed by atoms with E-state index in [1.54, 1.807) is 14.2 Å². The van der Waals surface area contributed by atoms with Crippen molar-refractivity contribution in [3.05, 3.63) is 29.8 Å². The number of hydrogen-bond donors (Lipinski definition) is 0. The summed E-state index contributed by atoms with van der Waals surface area (Å²) in [5.41, 5.74) is 1.09. The van der Waals surface area contributed by atoms with Crippen molar-refractivity contribution in [1.82, 2.24) is 0 Å². The van der Waals surface area contributed by atoms with Gasteiger partial charge in [0.2, 0.25) is 0 Å². The Bertz CT molecular complexity index is 465. The third kappa shape index (κ3) is 9.57. The van der Waals surface area contributed by atoms with Crippen LogP contribution in [-0.4, -0.2) is 14.2 Å². The lowest BCUT2D eigenvalue weighted by atomic mass is 10.0. The molecule has 0 aliphatic heterocycles. The molecule has 0 heterocycles. The van der Waals surface area contributed by atoms with Gasteiger partial charge in [0, 0.05) is 5.56 Å². The molecule has 0 spiro atoms. The third-order valence-corrected chi connectivity index (χ3v) is 4.71. The van der Waals surface area contributed by atoms with Crippen LogP contribution in [0.15, 0.2) is 24.3 Å². The molecule has 0 atom stereocenters. The molecule has 1 aromatic carbocycles. The second-order valence-electron chi connectivity index (χ2n) is 6.81. The minimum Gasteiger partial charge on any atom is -0.493 e. The molecule has 0 bridgehead atoms. The van der Waals surface area contributed by atoms with Gasteiger partial charge in [0.1, 0.15) is 0 Å². The molecule has 0 unspecified atom stereocenters. The average Bonchev–Trinajstić information content (AvgIpc) is 2.65. The zero-order valence-electron chi connectivity index (χ0n) is 16.7. The molecule has 0 saturated heterocycles. The van der Waals surface area contributed by atoms with Gasteiger partial charge in [-0.2, -0.15) is 0 Å². The van der Waals surface area contributed by atoms with E-state index >= 15 is 0 Å². The van der Waals surface area contributed by atoms with Crippen LogP contribution in [0.4, 0.5) is 0 Å². The van der Waals surface area contributed by atoms with E-state index < -0.39 is 0 Å². The van der Waals surface area contributed by atoms with Gasteiger partial charge in [-0.25, -0.2) is 0 Å². The van der Waals surface area contributed by atoms with Crippen molar-refractivity contribution in [2.75, 3.05) is 14.2 Å². The smallest absolute Gasteiger partial charge is 0.167 e. The van der Waals surface area contributed by atoms with Crippen LogP contribution in [0.3, 0.4) is 0 Å². The molecular weight excluding hydrogens is 308 g/mol. The molecular formula is C23H38O2. The molecule has 0 fully saturated rings. The van der Waals surface area contributed by atoms with Crippen molar-refractivity contribution in [3.63, 3.8) is 0 Å². The molecule has 142 valence electrons. The fraction of sp³-hybridized carbons (Fsp3) is 0.652. The number of rotatable bonds is 15. The summed E-state index contributed by atoms with van der Waals surface area (Å²) in [6, 6.07) is 6.00. The lowest BCUT2D eigenvalue weighted by molar-refractivity contribution is 0.354. The molecule has 0 aromatic heterocycles. The van der Waals surface area contributed by atoms with E-state index in [9.17, 15) is 0 Å². The van der Waals surface area contributed by atoms with Gasteiger partial charge in [0.25, 0.3) is 0 Å². The maximum absolute atomic E-state index is 5.46. The Kier molecular flexibility index (Phi) is 12.8. The van der Waals surface area contributed by atoms with Gasteiger partial charge in [-0.3, -0.25) is 0 Å². The van der Waals surface area contributed by atoms with Crippen molar-refractivity contribution in [2.45, 2.75) is 84.0 Å². The quantitative estimate of drug-likeness (QED) is 0.308. The topological polar surface area (TPSA) is 18.5 Å². The van der Waals surface area contributed by atoms with E-state index in [1.165, 1.54) is 70.6 Å². The standard InChI is InChI=1S/C23H38O2/c1-4-5-6-7-8-9-10-11-12-13-14-15-16-18-21-19-17-20-22(24-2)23(21)25-3/h16-20H,4-15H2,1-3H3/b18-16+. The highest BCUT2D eigenvalue weighted by Crippen LogP contribution is 2.31. The first-order valence-corrected chi connectivity index (χ1v) is 10.2. The molecule has 0 radical (unpaired) electrons. The highest BCUT2D eigenvalue weighted by atomic mass is 16.5. The van der Waals surface area contributed by atoms with Gasteiger partial charge in [-0.1, -0.05) is 95.4 Å². The highest BCUT2D eigenvalue weighted by Gasteiger charge is 2.06. The summed E-state index contributed by atoms with van der Waals surface area (Å²) in [5, 5.41) is 0. The van der Waals surface area contributed by atoms with Gasteiger partial charge in [-0.05, 0) is 18.9 Å². The minimum atomic E-state index is 0.791. The lowest BCUT2D eigenvalue weighted by Crippen LogP contribution is -1.92. The first-order valence-electron chi connectivity index (χ1n) is 10.2. The summed E-state index contributed by atoms with van der Waals surface area (Å²) >= 11 is 0. The minimum absolute atomic E-state index is 0.791. The Labute approximate surface area is 155 Å². The predicted molar refractivity (Wildman–Crippen MR) is 110 cm³/mol. The molecule has 1 aromatic rings. The highest BCUT2D eigenvalue weighted by molar-refractivity contribution is 5.62. The summed E-state index contributed by atoms with van der Waals surface area (Å²) in [6.07, 6.45) is 20.9. The van der Waals surface area contributed by atoms with Gasteiger partial charge in [0.05, 0.1) is 14.2 Å². The number of ether oxygens (including phenoxy) is 2. The second-order valence-corrected chi connectivity index (χ2v) is 6.81. The molecule has 0 amide bonds. The molecule has 1 rings (SSSR count). The Balaban J connectivity index is 2.07. The maximum Gasteiger partial charge on any atom is 0.167 e. The first-order chi connectivity index (χ1) is 12.3. The summed E-state index contributed by atoms with van der Waals surface area (Å²) in [7, 11) is 3.37. The van der Waals surface area contributed by atoms with Crippen LogP contribution in [-0.2, 0) is 0 Å². The Hall–Kier alpha value is -1.44. The Morgan fingerprint density at radius 1 is 0.760 bits per heavy atom. The van der Waals surface area contributed by atoms with E-state index in [2.05, 4.69) is 25.1 Å².